The number of amides is 1. The fourth-order valence-corrected chi connectivity index (χ4v) is 3.47. The van der Waals surface area contributed by atoms with Gasteiger partial charge in [-0.25, -0.2) is 0 Å². The Morgan fingerprint density at radius 1 is 1.22 bits per heavy atom. The van der Waals surface area contributed by atoms with Gasteiger partial charge in [-0.2, -0.15) is 0 Å². The van der Waals surface area contributed by atoms with Crippen molar-refractivity contribution in [2.45, 2.75) is 18.6 Å². The summed E-state index contributed by atoms with van der Waals surface area (Å²) in [5.74, 6) is -0.156. The maximum absolute atomic E-state index is 12.0. The lowest BCUT2D eigenvalue weighted by atomic mass is 10.1. The second-order valence-electron chi connectivity index (χ2n) is 5.52. The molecule has 1 aliphatic rings. The monoisotopic (exact) mass is 325 g/mol. The van der Waals surface area contributed by atoms with Crippen LogP contribution in [0.15, 0.2) is 59.6 Å². The highest BCUT2D eigenvalue weighted by molar-refractivity contribution is 8.14. The maximum atomic E-state index is 12.0. The first-order valence-electron chi connectivity index (χ1n) is 7.59. The number of carbonyl (C=O) groups excluding carboxylic acids is 1. The predicted octanol–water partition coefficient (Wildman–Crippen LogP) is 2.94. The van der Waals surface area contributed by atoms with E-state index in [0.29, 0.717) is 10.8 Å². The van der Waals surface area contributed by atoms with Crippen LogP contribution in [0.3, 0.4) is 0 Å². The van der Waals surface area contributed by atoms with Crippen LogP contribution in [-0.4, -0.2) is 22.9 Å². The number of thioether (sulfide) groups is 1. The molecule has 0 aliphatic carbocycles. The molecule has 5 heteroatoms. The number of benzene rings is 2. The van der Waals surface area contributed by atoms with E-state index < -0.39 is 0 Å². The van der Waals surface area contributed by atoms with Crippen molar-refractivity contribution in [3.63, 3.8) is 0 Å². The van der Waals surface area contributed by atoms with E-state index in [0.717, 1.165) is 18.1 Å². The SMILES string of the molecule is Cc1cccc(C[C@H]2CN=C(NNC(=O)c3ccccc3)S2)c1. The van der Waals surface area contributed by atoms with Gasteiger partial charge in [-0.3, -0.25) is 20.6 Å². The molecule has 0 spiro atoms. The summed E-state index contributed by atoms with van der Waals surface area (Å²) in [5, 5.41) is 1.18. The minimum absolute atomic E-state index is 0.156. The van der Waals surface area contributed by atoms with Crippen molar-refractivity contribution >= 4 is 22.8 Å². The van der Waals surface area contributed by atoms with Crippen LogP contribution in [0.1, 0.15) is 21.5 Å². The van der Waals surface area contributed by atoms with E-state index in [-0.39, 0.29) is 5.91 Å². The Morgan fingerprint density at radius 2 is 2.04 bits per heavy atom. The van der Waals surface area contributed by atoms with Gasteiger partial charge in [0.05, 0.1) is 6.54 Å². The van der Waals surface area contributed by atoms with Gasteiger partial charge in [0.2, 0.25) is 0 Å². The van der Waals surface area contributed by atoms with E-state index in [1.165, 1.54) is 11.1 Å². The number of rotatable bonds is 3. The van der Waals surface area contributed by atoms with E-state index in [9.17, 15) is 4.79 Å². The van der Waals surface area contributed by atoms with Crippen LogP contribution in [0.2, 0.25) is 0 Å². The van der Waals surface area contributed by atoms with Crippen LogP contribution in [0.25, 0.3) is 0 Å². The summed E-state index contributed by atoms with van der Waals surface area (Å²) in [5.41, 5.74) is 8.84. The molecule has 1 amide bonds. The lowest BCUT2D eigenvalue weighted by Crippen LogP contribution is -2.40. The third-order valence-corrected chi connectivity index (χ3v) is 4.69. The Kier molecular flexibility index (Phi) is 4.98. The first-order valence-corrected chi connectivity index (χ1v) is 8.47. The topological polar surface area (TPSA) is 53.5 Å². The zero-order valence-corrected chi connectivity index (χ0v) is 13.8. The van der Waals surface area contributed by atoms with Crippen molar-refractivity contribution in [2.24, 2.45) is 4.99 Å². The summed E-state index contributed by atoms with van der Waals surface area (Å²) in [4.78, 5) is 16.4. The average molecular weight is 325 g/mol. The number of amidine groups is 1. The largest absolute Gasteiger partial charge is 0.276 e. The highest BCUT2D eigenvalue weighted by Crippen LogP contribution is 2.23. The quantitative estimate of drug-likeness (QED) is 0.853. The number of hydrogen-bond donors (Lipinski definition) is 2. The fourth-order valence-electron chi connectivity index (χ4n) is 2.47. The zero-order valence-electron chi connectivity index (χ0n) is 13.0. The lowest BCUT2D eigenvalue weighted by molar-refractivity contribution is 0.0944. The normalized spacial score (nSPS) is 16.7. The Balaban J connectivity index is 1.47. The molecule has 0 saturated heterocycles. The molecular formula is C18H19N3OS. The molecular weight excluding hydrogens is 306 g/mol. The van der Waals surface area contributed by atoms with Gasteiger partial charge in [0.15, 0.2) is 5.17 Å². The van der Waals surface area contributed by atoms with Gasteiger partial charge in [-0.05, 0) is 31.0 Å². The van der Waals surface area contributed by atoms with Crippen LogP contribution in [0.5, 0.6) is 0 Å². The number of carbonyl (C=O) groups is 1. The van der Waals surface area contributed by atoms with Gasteiger partial charge in [-0.1, -0.05) is 59.8 Å². The Labute approximate surface area is 140 Å². The van der Waals surface area contributed by atoms with E-state index in [1.54, 1.807) is 23.9 Å². The molecule has 2 aromatic rings. The molecule has 1 atom stereocenters. The molecule has 1 heterocycles. The van der Waals surface area contributed by atoms with Gasteiger partial charge < -0.3 is 0 Å². The van der Waals surface area contributed by atoms with E-state index in [4.69, 9.17) is 0 Å². The van der Waals surface area contributed by atoms with Crippen molar-refractivity contribution in [2.75, 3.05) is 6.54 Å². The molecule has 1 aliphatic heterocycles. The molecule has 0 unspecified atom stereocenters. The Morgan fingerprint density at radius 3 is 2.83 bits per heavy atom. The molecule has 0 aromatic heterocycles. The summed E-state index contributed by atoms with van der Waals surface area (Å²) in [6.07, 6.45) is 0.980. The smallest absolute Gasteiger partial charge is 0.269 e. The average Bonchev–Trinajstić information content (AvgIpc) is 3.01. The van der Waals surface area contributed by atoms with Crippen LogP contribution in [-0.2, 0) is 6.42 Å². The molecule has 2 N–H and O–H groups in total. The second-order valence-corrected chi connectivity index (χ2v) is 6.81. The first-order chi connectivity index (χ1) is 11.2. The molecule has 0 fully saturated rings. The predicted molar refractivity (Wildman–Crippen MR) is 95.6 cm³/mol. The van der Waals surface area contributed by atoms with E-state index >= 15 is 0 Å². The van der Waals surface area contributed by atoms with Crippen LogP contribution >= 0.6 is 11.8 Å². The molecule has 4 nitrogen and oxygen atoms in total. The van der Waals surface area contributed by atoms with Crippen molar-refractivity contribution < 1.29 is 4.79 Å². The number of aryl methyl sites for hydroxylation is 1. The molecule has 3 rings (SSSR count). The number of hydrogen-bond acceptors (Lipinski definition) is 4. The number of aliphatic imine (C=N–C) groups is 1. The summed E-state index contributed by atoms with van der Waals surface area (Å²) in [6.45, 7) is 2.87. The summed E-state index contributed by atoms with van der Waals surface area (Å²) < 4.78 is 0. The van der Waals surface area contributed by atoms with Gasteiger partial charge in [-0.15, -0.1) is 0 Å². The van der Waals surface area contributed by atoms with E-state index in [1.807, 2.05) is 18.2 Å². The van der Waals surface area contributed by atoms with E-state index in [2.05, 4.69) is 47.0 Å². The third kappa shape index (κ3) is 4.36. The maximum Gasteiger partial charge on any atom is 0.269 e. The van der Waals surface area contributed by atoms with Crippen LogP contribution in [0, 0.1) is 6.92 Å². The molecule has 23 heavy (non-hydrogen) atoms. The Bertz CT molecular complexity index is 715. The minimum atomic E-state index is -0.156. The number of nitrogens with one attached hydrogen (secondary N) is 2. The summed E-state index contributed by atoms with van der Waals surface area (Å²) >= 11 is 1.67. The highest BCUT2D eigenvalue weighted by Gasteiger charge is 2.20. The standard InChI is InChI=1S/C18H19N3OS/c1-13-6-5-7-14(10-13)11-16-12-19-18(23-16)21-20-17(22)15-8-3-2-4-9-15/h2-10,16H,11-12H2,1H3,(H,19,21)(H,20,22)/t16-/m0/s1. The minimum Gasteiger partial charge on any atom is -0.276 e. The van der Waals surface area contributed by atoms with Gasteiger partial charge in [0.25, 0.3) is 5.91 Å². The number of hydrazine groups is 1. The van der Waals surface area contributed by atoms with Crippen molar-refractivity contribution in [1.29, 1.82) is 0 Å². The second kappa shape index (κ2) is 7.33. The van der Waals surface area contributed by atoms with Crippen molar-refractivity contribution in [3.05, 3.63) is 71.3 Å². The summed E-state index contributed by atoms with van der Waals surface area (Å²) in [6, 6.07) is 17.7. The van der Waals surface area contributed by atoms with Crippen LogP contribution in [0.4, 0.5) is 0 Å². The highest BCUT2D eigenvalue weighted by atomic mass is 32.2. The zero-order chi connectivity index (χ0) is 16.1. The first kappa shape index (κ1) is 15.6. The van der Waals surface area contributed by atoms with Crippen molar-refractivity contribution in [1.82, 2.24) is 10.9 Å². The fraction of sp³-hybridized carbons (Fsp3) is 0.222. The molecule has 0 saturated carbocycles. The third-order valence-electron chi connectivity index (χ3n) is 3.58. The summed E-state index contributed by atoms with van der Waals surface area (Å²) in [7, 11) is 0. The molecule has 2 aromatic carbocycles. The lowest BCUT2D eigenvalue weighted by Gasteiger charge is -2.10. The molecule has 0 bridgehead atoms. The van der Waals surface area contributed by atoms with Gasteiger partial charge >= 0.3 is 0 Å². The molecule has 0 radical (unpaired) electrons. The number of nitrogens with zero attached hydrogens (tertiary/aromatic N) is 1. The van der Waals surface area contributed by atoms with Gasteiger partial charge in [0, 0.05) is 10.8 Å². The Hall–Kier alpha value is -2.27. The van der Waals surface area contributed by atoms with Gasteiger partial charge in [0.1, 0.15) is 0 Å². The molecule has 118 valence electrons. The van der Waals surface area contributed by atoms with Crippen molar-refractivity contribution in [3.8, 4) is 0 Å². The van der Waals surface area contributed by atoms with Crippen LogP contribution < -0.4 is 10.9 Å².